The smallest absolute Gasteiger partial charge is 0.0664 e. The van der Waals surface area contributed by atoms with Crippen LogP contribution in [0.15, 0.2) is 29.3 Å². The normalized spacial score (nSPS) is 20.3. The van der Waals surface area contributed by atoms with Gasteiger partial charge < -0.3 is 0 Å². The predicted molar refractivity (Wildman–Crippen MR) is 47.6 cm³/mol. The number of hydrogen-bond donors (Lipinski definition) is 0. The van der Waals surface area contributed by atoms with Crippen LogP contribution in [0.3, 0.4) is 0 Å². The highest BCUT2D eigenvalue weighted by Crippen LogP contribution is 2.32. The van der Waals surface area contributed by atoms with Gasteiger partial charge in [-0.1, -0.05) is 25.1 Å². The topological polar surface area (TPSA) is 12.4 Å². The lowest BCUT2D eigenvalue weighted by molar-refractivity contribution is 0.875. The summed E-state index contributed by atoms with van der Waals surface area (Å²) in [6.07, 6.45) is 3.20. The van der Waals surface area contributed by atoms with E-state index in [-0.39, 0.29) is 0 Å². The van der Waals surface area contributed by atoms with Crippen LogP contribution < -0.4 is 0 Å². The average Bonchev–Trinajstić information content (AvgIpc) is 2.47. The van der Waals surface area contributed by atoms with Gasteiger partial charge in [0.05, 0.1) is 5.69 Å². The van der Waals surface area contributed by atoms with Crippen LogP contribution in [0.5, 0.6) is 0 Å². The lowest BCUT2D eigenvalue weighted by atomic mass is 9.99. The van der Waals surface area contributed by atoms with E-state index in [0.717, 1.165) is 12.1 Å². The van der Waals surface area contributed by atoms with Crippen molar-refractivity contribution in [3.8, 4) is 0 Å². The van der Waals surface area contributed by atoms with Crippen molar-refractivity contribution in [2.24, 2.45) is 4.99 Å². The summed E-state index contributed by atoms with van der Waals surface area (Å²) in [4.78, 5) is 4.33. The molecular weight excluding hydrogens is 134 g/mol. The molecule has 0 amide bonds. The Labute approximate surface area is 66.8 Å². The molecule has 0 saturated carbocycles. The number of benzene rings is 1. The summed E-state index contributed by atoms with van der Waals surface area (Å²) in [5, 5.41) is 0. The largest absolute Gasteiger partial charge is 0.260 e. The summed E-state index contributed by atoms with van der Waals surface area (Å²) in [5.74, 6) is 0.561. The third-order valence-corrected chi connectivity index (χ3v) is 2.17. The quantitative estimate of drug-likeness (QED) is 0.576. The van der Waals surface area contributed by atoms with Crippen molar-refractivity contribution < 1.29 is 0 Å². The Bertz CT molecular complexity index is 289. The highest BCUT2D eigenvalue weighted by molar-refractivity contribution is 5.80. The van der Waals surface area contributed by atoms with Gasteiger partial charge in [-0.3, -0.25) is 4.99 Å². The maximum atomic E-state index is 4.33. The standard InChI is InChI=1S/C10H11N/c1-2-8-7-11-10-6-4-3-5-9(8)10/h3-8H,2H2,1H3. The fourth-order valence-electron chi connectivity index (χ4n) is 1.49. The van der Waals surface area contributed by atoms with Gasteiger partial charge in [0.15, 0.2) is 0 Å². The van der Waals surface area contributed by atoms with E-state index in [0.29, 0.717) is 5.92 Å². The van der Waals surface area contributed by atoms with Gasteiger partial charge in [-0.2, -0.15) is 0 Å². The summed E-state index contributed by atoms with van der Waals surface area (Å²) >= 11 is 0. The van der Waals surface area contributed by atoms with Gasteiger partial charge in [0.2, 0.25) is 0 Å². The van der Waals surface area contributed by atoms with Gasteiger partial charge in [0, 0.05) is 12.1 Å². The SMILES string of the molecule is CCC1C=Nc2ccccc21. The van der Waals surface area contributed by atoms with E-state index in [1.165, 1.54) is 5.56 Å². The van der Waals surface area contributed by atoms with E-state index in [1.807, 2.05) is 12.3 Å². The molecule has 1 atom stereocenters. The first kappa shape index (κ1) is 6.59. The van der Waals surface area contributed by atoms with Crippen LogP contribution in [0.25, 0.3) is 0 Å². The average molecular weight is 145 g/mol. The van der Waals surface area contributed by atoms with Crippen LogP contribution in [0.1, 0.15) is 24.8 Å². The second-order valence-electron chi connectivity index (χ2n) is 2.85. The van der Waals surface area contributed by atoms with Crippen LogP contribution in [0.4, 0.5) is 5.69 Å². The van der Waals surface area contributed by atoms with E-state index >= 15 is 0 Å². The predicted octanol–water partition coefficient (Wildman–Crippen LogP) is 2.90. The lowest BCUT2D eigenvalue weighted by Crippen LogP contribution is -1.91. The second-order valence-corrected chi connectivity index (χ2v) is 2.85. The number of para-hydroxylation sites is 1. The van der Waals surface area contributed by atoms with Crippen LogP contribution in [0.2, 0.25) is 0 Å². The van der Waals surface area contributed by atoms with Crippen molar-refractivity contribution in [2.45, 2.75) is 19.3 Å². The maximum Gasteiger partial charge on any atom is 0.0664 e. The van der Waals surface area contributed by atoms with Gasteiger partial charge in [0.25, 0.3) is 0 Å². The van der Waals surface area contributed by atoms with E-state index in [2.05, 4.69) is 30.1 Å². The summed E-state index contributed by atoms with van der Waals surface area (Å²) in [6, 6.07) is 8.35. The van der Waals surface area contributed by atoms with Crippen molar-refractivity contribution in [3.05, 3.63) is 29.8 Å². The number of fused-ring (bicyclic) bond motifs is 1. The van der Waals surface area contributed by atoms with Crippen LogP contribution in [-0.2, 0) is 0 Å². The molecule has 0 saturated heterocycles. The molecule has 0 aromatic heterocycles. The Kier molecular flexibility index (Phi) is 1.50. The highest BCUT2D eigenvalue weighted by atomic mass is 14.8. The monoisotopic (exact) mass is 145 g/mol. The summed E-state index contributed by atoms with van der Waals surface area (Å²) in [5.41, 5.74) is 2.54. The van der Waals surface area contributed by atoms with Gasteiger partial charge in [-0.05, 0) is 18.1 Å². The highest BCUT2D eigenvalue weighted by Gasteiger charge is 2.14. The van der Waals surface area contributed by atoms with E-state index in [4.69, 9.17) is 0 Å². The van der Waals surface area contributed by atoms with Crippen molar-refractivity contribution >= 4 is 11.9 Å². The minimum atomic E-state index is 0.561. The molecule has 1 aromatic carbocycles. The molecule has 0 N–H and O–H groups in total. The van der Waals surface area contributed by atoms with Crippen molar-refractivity contribution in [1.29, 1.82) is 0 Å². The molecule has 0 bridgehead atoms. The Balaban J connectivity index is 2.46. The van der Waals surface area contributed by atoms with Crippen molar-refractivity contribution in [1.82, 2.24) is 0 Å². The summed E-state index contributed by atoms with van der Waals surface area (Å²) < 4.78 is 0. The van der Waals surface area contributed by atoms with Crippen molar-refractivity contribution in [3.63, 3.8) is 0 Å². The number of hydrogen-bond acceptors (Lipinski definition) is 1. The Morgan fingerprint density at radius 1 is 1.36 bits per heavy atom. The second kappa shape index (κ2) is 2.50. The van der Waals surface area contributed by atoms with E-state index in [1.54, 1.807) is 0 Å². The first-order valence-corrected chi connectivity index (χ1v) is 4.05. The third-order valence-electron chi connectivity index (χ3n) is 2.17. The maximum absolute atomic E-state index is 4.33. The minimum absolute atomic E-state index is 0.561. The van der Waals surface area contributed by atoms with Crippen LogP contribution >= 0.6 is 0 Å². The fourth-order valence-corrected chi connectivity index (χ4v) is 1.49. The molecule has 1 unspecified atom stereocenters. The first-order valence-electron chi connectivity index (χ1n) is 4.05. The molecule has 1 aliphatic rings. The van der Waals surface area contributed by atoms with E-state index < -0.39 is 0 Å². The fraction of sp³-hybridized carbons (Fsp3) is 0.300. The molecule has 56 valence electrons. The van der Waals surface area contributed by atoms with Crippen LogP contribution in [-0.4, -0.2) is 6.21 Å². The summed E-state index contributed by atoms with van der Waals surface area (Å²) in [6.45, 7) is 2.19. The van der Waals surface area contributed by atoms with Gasteiger partial charge in [0.1, 0.15) is 0 Å². The molecule has 0 fully saturated rings. The lowest BCUT2D eigenvalue weighted by Gasteiger charge is -2.03. The number of aliphatic imine (C=N–C) groups is 1. The minimum Gasteiger partial charge on any atom is -0.260 e. The van der Waals surface area contributed by atoms with Gasteiger partial charge in [-0.25, -0.2) is 0 Å². The molecule has 11 heavy (non-hydrogen) atoms. The Morgan fingerprint density at radius 3 is 3.00 bits per heavy atom. The van der Waals surface area contributed by atoms with Crippen molar-refractivity contribution in [2.75, 3.05) is 0 Å². The molecule has 0 radical (unpaired) electrons. The van der Waals surface area contributed by atoms with Crippen LogP contribution in [0, 0.1) is 0 Å². The van der Waals surface area contributed by atoms with Gasteiger partial charge in [-0.15, -0.1) is 0 Å². The molecule has 2 rings (SSSR count). The first-order chi connectivity index (χ1) is 5.42. The zero-order chi connectivity index (χ0) is 7.68. The Hall–Kier alpha value is -1.11. The molecule has 1 heteroatoms. The molecule has 1 aromatic rings. The number of nitrogens with zero attached hydrogens (tertiary/aromatic N) is 1. The molecule has 0 spiro atoms. The molecule has 1 nitrogen and oxygen atoms in total. The molecule has 0 aliphatic carbocycles. The van der Waals surface area contributed by atoms with Gasteiger partial charge >= 0.3 is 0 Å². The summed E-state index contributed by atoms with van der Waals surface area (Å²) in [7, 11) is 0. The molecule has 1 aliphatic heterocycles. The van der Waals surface area contributed by atoms with E-state index in [9.17, 15) is 0 Å². The molecule has 1 heterocycles. The zero-order valence-corrected chi connectivity index (χ0v) is 6.62. The Morgan fingerprint density at radius 2 is 2.18 bits per heavy atom. The molecular formula is C10H11N. The zero-order valence-electron chi connectivity index (χ0n) is 6.62. The number of rotatable bonds is 1. The third kappa shape index (κ3) is 0.967.